The Morgan fingerprint density at radius 1 is 1.50 bits per heavy atom. The van der Waals surface area contributed by atoms with Gasteiger partial charge in [-0.25, -0.2) is 0 Å². The topological polar surface area (TPSA) is 29.5 Å². The lowest BCUT2D eigenvalue weighted by atomic mass is 10.0. The van der Waals surface area contributed by atoms with Crippen LogP contribution < -0.4 is 4.74 Å². The number of aliphatic hydroxyl groups excluding tert-OH is 1. The first kappa shape index (κ1) is 11.7. The van der Waals surface area contributed by atoms with Crippen molar-refractivity contribution in [2.75, 3.05) is 6.61 Å². The van der Waals surface area contributed by atoms with Crippen LogP contribution in [0.5, 0.6) is 5.75 Å². The molecule has 1 N–H and O–H groups in total. The van der Waals surface area contributed by atoms with Crippen LogP contribution >= 0.6 is 11.6 Å². The molecule has 1 heterocycles. The third-order valence-corrected chi connectivity index (χ3v) is 3.11. The summed E-state index contributed by atoms with van der Waals surface area (Å²) in [6, 6.07) is 3.97. The van der Waals surface area contributed by atoms with Gasteiger partial charge >= 0.3 is 0 Å². The van der Waals surface area contributed by atoms with Crippen molar-refractivity contribution in [1.29, 1.82) is 0 Å². The molecule has 0 radical (unpaired) electrons. The molecule has 0 saturated heterocycles. The van der Waals surface area contributed by atoms with Crippen LogP contribution in [0.15, 0.2) is 12.1 Å². The van der Waals surface area contributed by atoms with Gasteiger partial charge in [0.25, 0.3) is 0 Å². The molecule has 16 heavy (non-hydrogen) atoms. The fraction of sp³-hybridized carbons (Fsp3) is 0.538. The number of ether oxygens (including phenoxy) is 1. The maximum Gasteiger partial charge on any atom is 0.125 e. The summed E-state index contributed by atoms with van der Waals surface area (Å²) in [7, 11) is 0. The summed E-state index contributed by atoms with van der Waals surface area (Å²) in [5.41, 5.74) is 2.40. The van der Waals surface area contributed by atoms with Crippen LogP contribution in [0.1, 0.15) is 30.9 Å². The minimum absolute atomic E-state index is 0.229. The number of aryl methyl sites for hydroxylation is 1. The van der Waals surface area contributed by atoms with Crippen LogP contribution in [0.2, 0.25) is 5.02 Å². The average molecular weight is 241 g/mol. The summed E-state index contributed by atoms with van der Waals surface area (Å²) < 4.78 is 5.62. The van der Waals surface area contributed by atoms with Crippen molar-refractivity contribution < 1.29 is 9.84 Å². The number of benzene rings is 1. The molecule has 88 valence electrons. The number of aliphatic hydroxyl groups is 1. The first-order valence-corrected chi connectivity index (χ1v) is 6.17. The number of fused-ring (bicyclic) bond motifs is 1. The summed E-state index contributed by atoms with van der Waals surface area (Å²) in [5.74, 6) is 1.02. The number of hydrogen-bond acceptors (Lipinski definition) is 2. The molecule has 0 amide bonds. The highest BCUT2D eigenvalue weighted by Crippen LogP contribution is 2.33. The third kappa shape index (κ3) is 2.69. The molecule has 1 atom stereocenters. The Labute approximate surface area is 101 Å². The smallest absolute Gasteiger partial charge is 0.125 e. The van der Waals surface area contributed by atoms with Crippen LogP contribution in [-0.2, 0) is 12.8 Å². The Morgan fingerprint density at radius 2 is 2.31 bits per heavy atom. The molecule has 1 unspecified atom stereocenters. The van der Waals surface area contributed by atoms with Gasteiger partial charge in [-0.2, -0.15) is 0 Å². The zero-order valence-corrected chi connectivity index (χ0v) is 10.3. The first-order valence-electron chi connectivity index (χ1n) is 5.79. The SMILES string of the molecule is CC(O)CCCc1cc(Cl)cc2c1OCC2. The molecule has 1 aromatic rings. The summed E-state index contributed by atoms with van der Waals surface area (Å²) in [6.07, 6.45) is 3.44. The lowest BCUT2D eigenvalue weighted by Gasteiger charge is -2.09. The van der Waals surface area contributed by atoms with Gasteiger partial charge in [-0.05, 0) is 49.4 Å². The van der Waals surface area contributed by atoms with Crippen LogP contribution in [-0.4, -0.2) is 17.8 Å². The van der Waals surface area contributed by atoms with Gasteiger partial charge in [0.1, 0.15) is 5.75 Å². The lowest BCUT2D eigenvalue weighted by molar-refractivity contribution is 0.181. The predicted molar refractivity (Wildman–Crippen MR) is 65.3 cm³/mol. The van der Waals surface area contributed by atoms with E-state index in [4.69, 9.17) is 16.3 Å². The van der Waals surface area contributed by atoms with Crippen molar-refractivity contribution in [2.24, 2.45) is 0 Å². The molecule has 1 aliphatic heterocycles. The second-order valence-electron chi connectivity index (χ2n) is 4.39. The fourth-order valence-corrected chi connectivity index (χ4v) is 2.38. The monoisotopic (exact) mass is 240 g/mol. The number of rotatable bonds is 4. The van der Waals surface area contributed by atoms with Gasteiger partial charge in [0.2, 0.25) is 0 Å². The summed E-state index contributed by atoms with van der Waals surface area (Å²) in [4.78, 5) is 0. The maximum absolute atomic E-state index is 9.22. The average Bonchev–Trinajstić information content (AvgIpc) is 2.64. The van der Waals surface area contributed by atoms with E-state index in [2.05, 4.69) is 0 Å². The molecular formula is C13H17ClO2. The number of halogens is 1. The second kappa shape index (κ2) is 5.07. The maximum atomic E-state index is 9.22. The van der Waals surface area contributed by atoms with Crippen molar-refractivity contribution in [3.05, 3.63) is 28.3 Å². The van der Waals surface area contributed by atoms with Gasteiger partial charge in [0, 0.05) is 11.4 Å². The molecule has 3 heteroatoms. The zero-order valence-electron chi connectivity index (χ0n) is 9.50. The van der Waals surface area contributed by atoms with E-state index in [0.29, 0.717) is 0 Å². The number of hydrogen-bond donors (Lipinski definition) is 1. The Bertz CT molecular complexity index is 374. The largest absolute Gasteiger partial charge is 0.493 e. The molecule has 0 aliphatic carbocycles. The van der Waals surface area contributed by atoms with E-state index in [-0.39, 0.29) is 6.10 Å². The van der Waals surface area contributed by atoms with Crippen LogP contribution in [0.25, 0.3) is 0 Å². The predicted octanol–water partition coefficient (Wildman–Crippen LogP) is 2.98. The van der Waals surface area contributed by atoms with E-state index >= 15 is 0 Å². The van der Waals surface area contributed by atoms with Gasteiger partial charge in [-0.3, -0.25) is 0 Å². The molecule has 0 aromatic heterocycles. The lowest BCUT2D eigenvalue weighted by Crippen LogP contribution is -2.00. The van der Waals surface area contributed by atoms with Crippen LogP contribution in [0.3, 0.4) is 0 Å². The van der Waals surface area contributed by atoms with Crippen molar-refractivity contribution >= 4 is 11.6 Å². The quantitative estimate of drug-likeness (QED) is 0.877. The minimum Gasteiger partial charge on any atom is -0.493 e. The van der Waals surface area contributed by atoms with E-state index in [0.717, 1.165) is 43.1 Å². The van der Waals surface area contributed by atoms with Gasteiger partial charge in [0.15, 0.2) is 0 Å². The van der Waals surface area contributed by atoms with E-state index < -0.39 is 0 Å². The van der Waals surface area contributed by atoms with Gasteiger partial charge < -0.3 is 9.84 Å². The molecule has 0 spiro atoms. The van der Waals surface area contributed by atoms with Crippen LogP contribution in [0, 0.1) is 0 Å². The summed E-state index contributed by atoms with van der Waals surface area (Å²) in [5, 5.41) is 10.0. The van der Waals surface area contributed by atoms with Crippen molar-refractivity contribution in [2.45, 2.75) is 38.7 Å². The molecule has 0 saturated carbocycles. The van der Waals surface area contributed by atoms with E-state index in [9.17, 15) is 5.11 Å². The molecule has 0 fully saturated rings. The highest BCUT2D eigenvalue weighted by Gasteiger charge is 2.17. The van der Waals surface area contributed by atoms with Crippen LogP contribution in [0.4, 0.5) is 0 Å². The highest BCUT2D eigenvalue weighted by molar-refractivity contribution is 6.30. The third-order valence-electron chi connectivity index (χ3n) is 2.89. The fourth-order valence-electron chi connectivity index (χ4n) is 2.12. The molecule has 2 rings (SSSR count). The second-order valence-corrected chi connectivity index (χ2v) is 4.83. The molecular weight excluding hydrogens is 224 g/mol. The summed E-state index contributed by atoms with van der Waals surface area (Å²) in [6.45, 7) is 2.58. The van der Waals surface area contributed by atoms with Crippen molar-refractivity contribution in [3.63, 3.8) is 0 Å². The van der Waals surface area contributed by atoms with E-state index in [1.165, 1.54) is 11.1 Å². The zero-order chi connectivity index (χ0) is 11.5. The normalized spacial score (nSPS) is 15.7. The molecule has 0 bridgehead atoms. The first-order chi connectivity index (χ1) is 7.66. The Morgan fingerprint density at radius 3 is 3.06 bits per heavy atom. The van der Waals surface area contributed by atoms with Gasteiger partial charge in [-0.15, -0.1) is 0 Å². The Balaban J connectivity index is 2.08. The standard InChI is InChI=1S/C13H17ClO2/c1-9(15)3-2-4-10-7-12(14)8-11-5-6-16-13(10)11/h7-9,15H,2-6H2,1H3. The molecule has 2 nitrogen and oxygen atoms in total. The summed E-state index contributed by atoms with van der Waals surface area (Å²) >= 11 is 6.07. The molecule has 1 aromatic carbocycles. The van der Waals surface area contributed by atoms with Crippen molar-refractivity contribution in [3.8, 4) is 5.75 Å². The Hall–Kier alpha value is -0.730. The van der Waals surface area contributed by atoms with E-state index in [1.807, 2.05) is 19.1 Å². The van der Waals surface area contributed by atoms with Crippen molar-refractivity contribution in [1.82, 2.24) is 0 Å². The molecule has 1 aliphatic rings. The Kier molecular flexibility index (Phi) is 3.72. The van der Waals surface area contributed by atoms with E-state index in [1.54, 1.807) is 0 Å². The van der Waals surface area contributed by atoms with Gasteiger partial charge in [-0.1, -0.05) is 11.6 Å². The van der Waals surface area contributed by atoms with Gasteiger partial charge in [0.05, 0.1) is 12.7 Å². The minimum atomic E-state index is -0.229. The highest BCUT2D eigenvalue weighted by atomic mass is 35.5.